The van der Waals surface area contributed by atoms with Crippen molar-refractivity contribution in [1.82, 2.24) is 19.7 Å². The van der Waals surface area contributed by atoms with Crippen LogP contribution in [0.3, 0.4) is 0 Å². The fourth-order valence-electron chi connectivity index (χ4n) is 1.15. The minimum absolute atomic E-state index is 0.727. The zero-order valence-electron chi connectivity index (χ0n) is 7.88. The molecule has 14 heavy (non-hydrogen) atoms. The molecule has 0 aliphatic rings. The zero-order chi connectivity index (χ0) is 9.80. The Kier molecular flexibility index (Phi) is 2.40. The molecule has 0 saturated carbocycles. The van der Waals surface area contributed by atoms with Crippen molar-refractivity contribution in [2.75, 3.05) is 5.32 Å². The predicted molar refractivity (Wildman–Crippen MR) is 52.6 cm³/mol. The van der Waals surface area contributed by atoms with E-state index < -0.39 is 0 Å². The highest BCUT2D eigenvalue weighted by atomic mass is 15.2. The maximum atomic E-state index is 4.07. The van der Waals surface area contributed by atoms with Gasteiger partial charge in [0.25, 0.3) is 0 Å². The first-order chi connectivity index (χ1) is 6.84. The molecule has 0 aromatic carbocycles. The smallest absolute Gasteiger partial charge is 0.129 e. The molecule has 0 fully saturated rings. The van der Waals surface area contributed by atoms with Gasteiger partial charge in [-0.05, 0) is 6.07 Å². The Morgan fingerprint density at radius 3 is 3.07 bits per heavy atom. The lowest BCUT2D eigenvalue weighted by Gasteiger charge is -2.01. The second-order valence-corrected chi connectivity index (χ2v) is 2.97. The van der Waals surface area contributed by atoms with E-state index in [-0.39, 0.29) is 0 Å². The minimum atomic E-state index is 0.727. The Hall–Kier alpha value is -1.91. The largest absolute Gasteiger partial charge is 0.366 e. The van der Waals surface area contributed by atoms with Crippen LogP contribution in [-0.2, 0) is 13.6 Å². The number of nitrogens with zero attached hydrogens (tertiary/aromatic N) is 4. The van der Waals surface area contributed by atoms with Crippen LogP contribution < -0.4 is 5.32 Å². The van der Waals surface area contributed by atoms with Crippen molar-refractivity contribution in [2.24, 2.45) is 7.05 Å². The summed E-state index contributed by atoms with van der Waals surface area (Å²) in [4.78, 5) is 7.89. The van der Waals surface area contributed by atoms with Crippen LogP contribution in [0.5, 0.6) is 0 Å². The van der Waals surface area contributed by atoms with Crippen LogP contribution in [0.15, 0.2) is 31.0 Å². The second kappa shape index (κ2) is 3.87. The molecule has 0 saturated heterocycles. The molecule has 0 aliphatic heterocycles. The number of aryl methyl sites for hydroxylation is 1. The third-order valence-electron chi connectivity index (χ3n) is 1.81. The van der Waals surface area contributed by atoms with E-state index in [4.69, 9.17) is 0 Å². The lowest BCUT2D eigenvalue weighted by atomic mass is 10.3. The Bertz CT molecular complexity index is 395. The van der Waals surface area contributed by atoms with Crippen LogP contribution in [0.1, 0.15) is 5.56 Å². The van der Waals surface area contributed by atoms with Crippen LogP contribution in [0.4, 0.5) is 5.82 Å². The van der Waals surface area contributed by atoms with Crippen molar-refractivity contribution in [2.45, 2.75) is 6.54 Å². The summed E-state index contributed by atoms with van der Waals surface area (Å²) in [5, 5.41) is 7.24. The summed E-state index contributed by atoms with van der Waals surface area (Å²) >= 11 is 0. The van der Waals surface area contributed by atoms with E-state index in [2.05, 4.69) is 20.4 Å². The summed E-state index contributed by atoms with van der Waals surface area (Å²) in [6, 6.07) is 1.83. The molecular weight excluding hydrogens is 178 g/mol. The highest BCUT2D eigenvalue weighted by Crippen LogP contribution is 2.02. The van der Waals surface area contributed by atoms with Crippen LogP contribution in [0, 0.1) is 0 Å². The maximum Gasteiger partial charge on any atom is 0.129 e. The monoisotopic (exact) mass is 189 g/mol. The van der Waals surface area contributed by atoms with Gasteiger partial charge in [0.15, 0.2) is 0 Å². The molecule has 0 spiro atoms. The molecule has 2 heterocycles. The summed E-state index contributed by atoms with van der Waals surface area (Å²) in [7, 11) is 1.90. The van der Waals surface area contributed by atoms with Gasteiger partial charge in [-0.3, -0.25) is 4.68 Å². The first-order valence-corrected chi connectivity index (χ1v) is 4.32. The molecule has 0 aliphatic carbocycles. The predicted octanol–water partition coefficient (Wildman–Crippen LogP) is 0.822. The van der Waals surface area contributed by atoms with Gasteiger partial charge in [-0.25, -0.2) is 9.97 Å². The molecule has 2 aromatic heterocycles. The van der Waals surface area contributed by atoms with Gasteiger partial charge in [0.05, 0.1) is 6.20 Å². The number of aromatic nitrogens is 4. The third kappa shape index (κ3) is 2.07. The van der Waals surface area contributed by atoms with E-state index in [1.165, 1.54) is 6.33 Å². The average Bonchev–Trinajstić information content (AvgIpc) is 2.63. The standard InChI is InChI=1S/C9H11N5/c1-14-6-8(5-13-14)4-11-9-2-3-10-7-12-9/h2-3,5-7H,4H2,1H3,(H,10,11,12). The van der Waals surface area contributed by atoms with Gasteiger partial charge in [-0.15, -0.1) is 0 Å². The van der Waals surface area contributed by atoms with Crippen molar-refractivity contribution >= 4 is 5.82 Å². The van der Waals surface area contributed by atoms with Crippen molar-refractivity contribution < 1.29 is 0 Å². The van der Waals surface area contributed by atoms with Gasteiger partial charge in [-0.2, -0.15) is 5.10 Å². The van der Waals surface area contributed by atoms with E-state index in [1.807, 2.05) is 25.5 Å². The molecule has 0 amide bonds. The van der Waals surface area contributed by atoms with Gasteiger partial charge in [0.1, 0.15) is 12.1 Å². The van der Waals surface area contributed by atoms with Crippen molar-refractivity contribution in [3.63, 3.8) is 0 Å². The fourth-order valence-corrected chi connectivity index (χ4v) is 1.15. The summed E-state index contributed by atoms with van der Waals surface area (Å²) in [5.41, 5.74) is 1.13. The highest BCUT2D eigenvalue weighted by molar-refractivity contribution is 5.32. The van der Waals surface area contributed by atoms with E-state index in [1.54, 1.807) is 10.9 Å². The van der Waals surface area contributed by atoms with E-state index >= 15 is 0 Å². The summed E-state index contributed by atoms with van der Waals surface area (Å²) in [6.07, 6.45) is 7.02. The summed E-state index contributed by atoms with van der Waals surface area (Å²) in [6.45, 7) is 0.727. The molecule has 72 valence electrons. The highest BCUT2D eigenvalue weighted by Gasteiger charge is 1.96. The molecule has 2 rings (SSSR count). The number of nitrogens with one attached hydrogen (secondary N) is 1. The van der Waals surface area contributed by atoms with E-state index in [0.717, 1.165) is 17.9 Å². The van der Waals surface area contributed by atoms with Gasteiger partial charge < -0.3 is 5.32 Å². The van der Waals surface area contributed by atoms with Gasteiger partial charge >= 0.3 is 0 Å². The number of hydrogen-bond acceptors (Lipinski definition) is 4. The maximum absolute atomic E-state index is 4.07. The molecule has 5 heteroatoms. The molecule has 1 N–H and O–H groups in total. The first kappa shape index (κ1) is 8.68. The van der Waals surface area contributed by atoms with Crippen LogP contribution in [0.2, 0.25) is 0 Å². The average molecular weight is 189 g/mol. The molecule has 2 aromatic rings. The van der Waals surface area contributed by atoms with E-state index in [0.29, 0.717) is 0 Å². The van der Waals surface area contributed by atoms with Crippen LogP contribution in [0.25, 0.3) is 0 Å². The molecule has 0 atom stereocenters. The van der Waals surface area contributed by atoms with Crippen molar-refractivity contribution in [1.29, 1.82) is 0 Å². The third-order valence-corrected chi connectivity index (χ3v) is 1.81. The second-order valence-electron chi connectivity index (χ2n) is 2.97. The molecule has 5 nitrogen and oxygen atoms in total. The Balaban J connectivity index is 1.95. The number of rotatable bonds is 3. The van der Waals surface area contributed by atoms with E-state index in [9.17, 15) is 0 Å². The zero-order valence-corrected chi connectivity index (χ0v) is 7.88. The topological polar surface area (TPSA) is 55.6 Å². The molecule has 0 unspecified atom stereocenters. The molecule has 0 bridgehead atoms. The van der Waals surface area contributed by atoms with Gasteiger partial charge in [-0.1, -0.05) is 0 Å². The normalized spacial score (nSPS) is 10.1. The fraction of sp³-hybridized carbons (Fsp3) is 0.222. The lowest BCUT2D eigenvalue weighted by molar-refractivity contribution is 0.767. The van der Waals surface area contributed by atoms with Crippen molar-refractivity contribution in [3.8, 4) is 0 Å². The summed E-state index contributed by atoms with van der Waals surface area (Å²) in [5.74, 6) is 0.823. The molecule has 0 radical (unpaired) electrons. The minimum Gasteiger partial charge on any atom is -0.366 e. The van der Waals surface area contributed by atoms with Gasteiger partial charge in [0, 0.05) is 31.5 Å². The summed E-state index contributed by atoms with van der Waals surface area (Å²) < 4.78 is 1.77. The number of anilines is 1. The van der Waals surface area contributed by atoms with Crippen LogP contribution >= 0.6 is 0 Å². The number of hydrogen-bond donors (Lipinski definition) is 1. The Morgan fingerprint density at radius 1 is 1.50 bits per heavy atom. The first-order valence-electron chi connectivity index (χ1n) is 4.32. The lowest BCUT2D eigenvalue weighted by Crippen LogP contribution is -2.00. The quantitative estimate of drug-likeness (QED) is 0.776. The Labute approximate surface area is 81.8 Å². The van der Waals surface area contributed by atoms with Crippen molar-refractivity contribution in [3.05, 3.63) is 36.5 Å². The SMILES string of the molecule is Cn1cc(CNc2ccncn2)cn1. The van der Waals surface area contributed by atoms with Gasteiger partial charge in [0.2, 0.25) is 0 Å². The Morgan fingerprint density at radius 2 is 2.43 bits per heavy atom. The molecular formula is C9H11N5. The van der Waals surface area contributed by atoms with Crippen LogP contribution in [-0.4, -0.2) is 19.7 Å².